The summed E-state index contributed by atoms with van der Waals surface area (Å²) in [6.07, 6.45) is 2.88. The highest BCUT2D eigenvalue weighted by Crippen LogP contribution is 2.33. The Morgan fingerprint density at radius 3 is 2.77 bits per heavy atom. The first-order valence-corrected chi connectivity index (χ1v) is 9.29. The molecule has 3 N–H and O–H groups in total. The second kappa shape index (κ2) is 8.23. The molecule has 0 unspecified atom stereocenters. The second-order valence-electron chi connectivity index (χ2n) is 6.46. The van der Waals surface area contributed by atoms with Crippen LogP contribution >= 0.6 is 11.6 Å². The fourth-order valence-corrected chi connectivity index (χ4v) is 3.18. The number of rotatable bonds is 5. The fourth-order valence-electron chi connectivity index (χ4n) is 2.95. The predicted molar refractivity (Wildman–Crippen MR) is 114 cm³/mol. The summed E-state index contributed by atoms with van der Waals surface area (Å²) in [5, 5.41) is 13.8. The molecule has 0 amide bonds. The molecule has 0 bridgehead atoms. The van der Waals surface area contributed by atoms with Crippen LogP contribution in [0.1, 0.15) is 11.3 Å². The molecule has 0 spiro atoms. The van der Waals surface area contributed by atoms with Crippen molar-refractivity contribution in [2.45, 2.75) is 6.61 Å². The number of nitrogens with two attached hydrogens (primary N) is 1. The molecule has 0 aliphatic heterocycles. The number of fused-ring (bicyclic) bond motifs is 1. The van der Waals surface area contributed by atoms with Gasteiger partial charge in [-0.25, -0.2) is 4.39 Å². The van der Waals surface area contributed by atoms with Crippen molar-refractivity contribution < 1.29 is 9.13 Å². The average molecular weight is 420 g/mol. The second-order valence-corrected chi connectivity index (χ2v) is 6.87. The molecular formula is C22H15ClFN5O. The van der Waals surface area contributed by atoms with E-state index in [4.69, 9.17) is 22.1 Å². The van der Waals surface area contributed by atoms with E-state index in [9.17, 15) is 9.65 Å². The van der Waals surface area contributed by atoms with Crippen LogP contribution in [0, 0.1) is 17.1 Å². The number of benzene rings is 2. The molecule has 2 heterocycles. The molecular weight excluding hydrogens is 405 g/mol. The summed E-state index contributed by atoms with van der Waals surface area (Å²) >= 11 is 6.35. The maximum atomic E-state index is 13.3. The van der Waals surface area contributed by atoms with Gasteiger partial charge in [0.1, 0.15) is 24.2 Å². The average Bonchev–Trinajstić information content (AvgIpc) is 2.73. The van der Waals surface area contributed by atoms with Crippen LogP contribution in [0.3, 0.4) is 0 Å². The highest BCUT2D eigenvalue weighted by Gasteiger charge is 2.11. The van der Waals surface area contributed by atoms with Crippen molar-refractivity contribution in [3.8, 4) is 11.8 Å². The van der Waals surface area contributed by atoms with Gasteiger partial charge in [-0.3, -0.25) is 9.97 Å². The topological polar surface area (TPSA) is 96.9 Å². The van der Waals surface area contributed by atoms with Crippen LogP contribution in [0.25, 0.3) is 10.9 Å². The number of nitrogen functional groups attached to an aromatic ring is 1. The Hall–Kier alpha value is -3.89. The van der Waals surface area contributed by atoms with Gasteiger partial charge in [0.25, 0.3) is 0 Å². The normalized spacial score (nSPS) is 10.6. The summed E-state index contributed by atoms with van der Waals surface area (Å²) in [6.45, 7) is 0.0805. The van der Waals surface area contributed by atoms with E-state index in [0.717, 1.165) is 5.39 Å². The lowest BCUT2D eigenvalue weighted by molar-refractivity contribution is 0.301. The van der Waals surface area contributed by atoms with Crippen LogP contribution in [-0.4, -0.2) is 9.97 Å². The van der Waals surface area contributed by atoms with Gasteiger partial charge in [0.2, 0.25) is 0 Å². The molecule has 8 heteroatoms. The van der Waals surface area contributed by atoms with Gasteiger partial charge in [-0.05, 0) is 48.5 Å². The Bertz CT molecular complexity index is 1290. The van der Waals surface area contributed by atoms with Gasteiger partial charge >= 0.3 is 0 Å². The standard InChI is InChI=1S/C22H15ClFN5O/c23-19-9-16(2-4-21(19)30-12-17-7-14(24)5-6-27-17)29-22-13(10-25)11-28-20-3-1-15(26)8-18(20)22/h1-9,11H,12,26H2,(H,28,29). The maximum Gasteiger partial charge on any atom is 0.138 e. The minimum absolute atomic E-state index is 0.0805. The quantitative estimate of drug-likeness (QED) is 0.431. The van der Waals surface area contributed by atoms with Gasteiger partial charge in [0.15, 0.2) is 0 Å². The van der Waals surface area contributed by atoms with Crippen molar-refractivity contribution in [2.24, 2.45) is 0 Å². The highest BCUT2D eigenvalue weighted by atomic mass is 35.5. The van der Waals surface area contributed by atoms with Gasteiger partial charge in [-0.2, -0.15) is 5.26 Å². The molecule has 4 rings (SSSR count). The lowest BCUT2D eigenvalue weighted by Gasteiger charge is -2.14. The Kier molecular flexibility index (Phi) is 5.33. The van der Waals surface area contributed by atoms with Crippen LogP contribution in [-0.2, 0) is 6.61 Å². The number of nitriles is 1. The SMILES string of the molecule is N#Cc1cnc2ccc(N)cc2c1Nc1ccc(OCc2cc(F)ccn2)c(Cl)c1. The minimum atomic E-state index is -0.382. The van der Waals surface area contributed by atoms with Crippen molar-refractivity contribution in [1.29, 1.82) is 5.26 Å². The van der Waals surface area contributed by atoms with Crippen molar-refractivity contribution in [3.63, 3.8) is 0 Å². The lowest BCUT2D eigenvalue weighted by atomic mass is 10.1. The number of hydrogen-bond acceptors (Lipinski definition) is 6. The Labute approximate surface area is 176 Å². The molecule has 0 saturated heterocycles. The fraction of sp³-hybridized carbons (Fsp3) is 0.0455. The molecule has 0 aliphatic rings. The largest absolute Gasteiger partial charge is 0.486 e. The van der Waals surface area contributed by atoms with Crippen LogP contribution in [0.4, 0.5) is 21.5 Å². The number of hydrogen-bond donors (Lipinski definition) is 2. The van der Waals surface area contributed by atoms with Crippen LogP contribution in [0.15, 0.2) is 60.9 Å². The molecule has 0 fully saturated rings. The number of anilines is 3. The zero-order valence-corrected chi connectivity index (χ0v) is 16.3. The molecule has 148 valence electrons. The van der Waals surface area contributed by atoms with Gasteiger partial charge in [0, 0.05) is 29.2 Å². The van der Waals surface area contributed by atoms with E-state index in [1.807, 2.05) is 0 Å². The van der Waals surface area contributed by atoms with Crippen LogP contribution < -0.4 is 15.8 Å². The molecule has 0 radical (unpaired) electrons. The summed E-state index contributed by atoms with van der Waals surface area (Å²) in [7, 11) is 0. The van der Waals surface area contributed by atoms with E-state index in [0.29, 0.717) is 44.6 Å². The Morgan fingerprint density at radius 1 is 1.13 bits per heavy atom. The van der Waals surface area contributed by atoms with E-state index in [-0.39, 0.29) is 12.4 Å². The maximum absolute atomic E-state index is 13.3. The van der Waals surface area contributed by atoms with E-state index in [1.54, 1.807) is 36.4 Å². The zero-order chi connectivity index (χ0) is 21.1. The molecule has 0 aliphatic carbocycles. The lowest BCUT2D eigenvalue weighted by Crippen LogP contribution is -2.00. The zero-order valence-electron chi connectivity index (χ0n) is 15.6. The summed E-state index contributed by atoms with van der Waals surface area (Å²) in [5.41, 5.74) is 9.25. The Morgan fingerprint density at radius 2 is 2.00 bits per heavy atom. The van der Waals surface area contributed by atoms with E-state index < -0.39 is 0 Å². The van der Waals surface area contributed by atoms with Crippen molar-refractivity contribution >= 4 is 39.6 Å². The van der Waals surface area contributed by atoms with Gasteiger partial charge in [0.05, 0.1) is 27.5 Å². The van der Waals surface area contributed by atoms with Crippen molar-refractivity contribution in [2.75, 3.05) is 11.1 Å². The summed E-state index contributed by atoms with van der Waals surface area (Å²) in [4.78, 5) is 8.34. The van der Waals surface area contributed by atoms with Crippen LogP contribution in [0.5, 0.6) is 5.75 Å². The van der Waals surface area contributed by atoms with E-state index in [2.05, 4.69) is 21.4 Å². The van der Waals surface area contributed by atoms with E-state index in [1.165, 1.54) is 24.5 Å². The van der Waals surface area contributed by atoms with Crippen LogP contribution in [0.2, 0.25) is 5.02 Å². The smallest absolute Gasteiger partial charge is 0.138 e. The third kappa shape index (κ3) is 4.09. The van der Waals surface area contributed by atoms with Gasteiger partial charge in [-0.15, -0.1) is 0 Å². The predicted octanol–water partition coefficient (Wildman–Crippen LogP) is 5.20. The number of halogens is 2. The third-order valence-corrected chi connectivity index (χ3v) is 4.66. The third-order valence-electron chi connectivity index (χ3n) is 4.37. The summed E-state index contributed by atoms with van der Waals surface area (Å²) in [5.74, 6) is 0.0466. The molecule has 4 aromatic rings. The first kappa shape index (κ1) is 19.4. The number of nitrogens with one attached hydrogen (secondary N) is 1. The van der Waals surface area contributed by atoms with Gasteiger partial charge < -0.3 is 15.8 Å². The molecule has 6 nitrogen and oxygen atoms in total. The molecule has 2 aromatic heterocycles. The molecule has 30 heavy (non-hydrogen) atoms. The number of pyridine rings is 2. The Balaban J connectivity index is 1.60. The first-order chi connectivity index (χ1) is 14.5. The monoisotopic (exact) mass is 419 g/mol. The summed E-state index contributed by atoms with van der Waals surface area (Å²) < 4.78 is 18.9. The first-order valence-electron chi connectivity index (χ1n) is 8.91. The molecule has 0 saturated carbocycles. The molecule has 2 aromatic carbocycles. The highest BCUT2D eigenvalue weighted by molar-refractivity contribution is 6.32. The number of aromatic nitrogens is 2. The van der Waals surface area contributed by atoms with Crippen molar-refractivity contribution in [3.05, 3.63) is 83.0 Å². The van der Waals surface area contributed by atoms with Crippen molar-refractivity contribution in [1.82, 2.24) is 9.97 Å². The van der Waals surface area contributed by atoms with Gasteiger partial charge in [-0.1, -0.05) is 11.6 Å². The number of nitrogens with zero attached hydrogens (tertiary/aromatic N) is 3. The summed E-state index contributed by atoms with van der Waals surface area (Å²) in [6, 6.07) is 15.1. The van der Waals surface area contributed by atoms with E-state index >= 15 is 0 Å². The minimum Gasteiger partial charge on any atom is -0.486 e. The molecule has 0 atom stereocenters. The number of ether oxygens (including phenoxy) is 1.